The van der Waals surface area contributed by atoms with Gasteiger partial charge in [0.2, 0.25) is 0 Å². The van der Waals surface area contributed by atoms with Gasteiger partial charge in [0.25, 0.3) is 0 Å². The summed E-state index contributed by atoms with van der Waals surface area (Å²) in [5.41, 5.74) is 2.49. The van der Waals surface area contributed by atoms with Crippen molar-refractivity contribution in [2.45, 2.75) is 38.6 Å². The Balaban J connectivity index is 2.45. The van der Waals surface area contributed by atoms with Crippen LogP contribution in [0.1, 0.15) is 49.8 Å². The lowest BCUT2D eigenvalue weighted by atomic mass is 9.96. The minimum Gasteiger partial charge on any atom is -0.495 e. The highest BCUT2D eigenvalue weighted by Crippen LogP contribution is 2.38. The van der Waals surface area contributed by atoms with Crippen molar-refractivity contribution in [1.82, 2.24) is 5.32 Å². The number of nitrogens with one attached hydrogen (secondary N) is 1. The highest BCUT2D eigenvalue weighted by molar-refractivity contribution is 6.32. The maximum absolute atomic E-state index is 6.30. The van der Waals surface area contributed by atoms with Crippen LogP contribution in [0.4, 0.5) is 0 Å². The van der Waals surface area contributed by atoms with Crippen LogP contribution in [0.3, 0.4) is 0 Å². The normalized spacial score (nSPS) is 19.9. The van der Waals surface area contributed by atoms with Crippen molar-refractivity contribution in [3.05, 3.63) is 28.3 Å². The van der Waals surface area contributed by atoms with E-state index in [-0.39, 0.29) is 0 Å². The van der Waals surface area contributed by atoms with E-state index >= 15 is 0 Å². The summed E-state index contributed by atoms with van der Waals surface area (Å²) in [5.74, 6) is 1.31. The van der Waals surface area contributed by atoms with Crippen molar-refractivity contribution in [2.75, 3.05) is 13.7 Å². The third-order valence-electron chi connectivity index (χ3n) is 3.40. The van der Waals surface area contributed by atoms with Crippen molar-refractivity contribution in [1.29, 1.82) is 0 Å². The molecule has 0 aliphatic carbocycles. The van der Waals surface area contributed by atoms with Gasteiger partial charge < -0.3 is 10.1 Å². The predicted octanol–water partition coefficient (Wildman–Crippen LogP) is 3.90. The quantitative estimate of drug-likeness (QED) is 0.882. The highest BCUT2D eigenvalue weighted by Gasteiger charge is 2.22. The number of rotatable bonds is 3. The molecule has 1 unspecified atom stereocenters. The molecule has 0 saturated carbocycles. The molecular weight excluding hydrogens is 234 g/mol. The molecule has 1 aromatic carbocycles. The number of halogens is 1. The van der Waals surface area contributed by atoms with E-state index in [9.17, 15) is 0 Å². The topological polar surface area (TPSA) is 21.3 Å². The first kappa shape index (κ1) is 12.7. The molecule has 2 nitrogen and oxygen atoms in total. The van der Waals surface area contributed by atoms with E-state index < -0.39 is 0 Å². The Bertz CT molecular complexity index is 397. The molecule has 2 rings (SSSR count). The summed E-state index contributed by atoms with van der Waals surface area (Å²) in [6.45, 7) is 5.45. The molecule has 3 heteroatoms. The first-order chi connectivity index (χ1) is 8.13. The molecule has 1 N–H and O–H groups in total. The van der Waals surface area contributed by atoms with Crippen LogP contribution >= 0.6 is 11.6 Å². The summed E-state index contributed by atoms with van der Waals surface area (Å²) in [4.78, 5) is 0. The van der Waals surface area contributed by atoms with Crippen LogP contribution in [0, 0.1) is 0 Å². The minimum atomic E-state index is 0.390. The van der Waals surface area contributed by atoms with E-state index in [1.165, 1.54) is 17.5 Å². The van der Waals surface area contributed by atoms with Crippen molar-refractivity contribution < 1.29 is 4.74 Å². The summed E-state index contributed by atoms with van der Waals surface area (Å²) < 4.78 is 5.45. The van der Waals surface area contributed by atoms with Gasteiger partial charge in [-0.2, -0.15) is 0 Å². The fourth-order valence-corrected chi connectivity index (χ4v) is 2.71. The number of benzene rings is 1. The molecule has 0 bridgehead atoms. The molecule has 1 saturated heterocycles. The Morgan fingerprint density at radius 1 is 1.41 bits per heavy atom. The fourth-order valence-electron chi connectivity index (χ4n) is 2.39. The maximum atomic E-state index is 6.30. The van der Waals surface area contributed by atoms with Crippen LogP contribution in [0.5, 0.6) is 5.75 Å². The smallest absolute Gasteiger partial charge is 0.142 e. The Morgan fingerprint density at radius 2 is 2.18 bits per heavy atom. The Morgan fingerprint density at radius 3 is 2.71 bits per heavy atom. The monoisotopic (exact) mass is 253 g/mol. The van der Waals surface area contributed by atoms with Gasteiger partial charge in [0.15, 0.2) is 0 Å². The van der Waals surface area contributed by atoms with Crippen LogP contribution in [0.2, 0.25) is 5.02 Å². The molecular formula is C14H20ClNO. The second-order valence-electron chi connectivity index (χ2n) is 4.93. The van der Waals surface area contributed by atoms with E-state index in [2.05, 4.69) is 25.2 Å². The highest BCUT2D eigenvalue weighted by atomic mass is 35.5. The van der Waals surface area contributed by atoms with Crippen molar-refractivity contribution in [3.8, 4) is 5.75 Å². The lowest BCUT2D eigenvalue weighted by molar-refractivity contribution is 0.403. The van der Waals surface area contributed by atoms with Gasteiger partial charge in [0.05, 0.1) is 12.1 Å². The summed E-state index contributed by atoms with van der Waals surface area (Å²) in [6.07, 6.45) is 2.38. The minimum absolute atomic E-state index is 0.390. The number of methoxy groups -OCH3 is 1. The standard InChI is InChI=1S/C14H20ClNO/c1-9(2)10-7-11(13-5-4-6-16-13)14(17-3)12(15)8-10/h7-9,13,16H,4-6H2,1-3H3. The number of ether oxygens (including phenoxy) is 1. The molecule has 1 atom stereocenters. The summed E-state index contributed by atoms with van der Waals surface area (Å²) in [7, 11) is 1.69. The van der Waals surface area contributed by atoms with Gasteiger partial charge in [0, 0.05) is 11.6 Å². The Labute approximate surface area is 108 Å². The second kappa shape index (κ2) is 5.28. The summed E-state index contributed by atoms with van der Waals surface area (Å²) in [6, 6.07) is 4.64. The molecule has 17 heavy (non-hydrogen) atoms. The van der Waals surface area contributed by atoms with E-state index in [1.54, 1.807) is 7.11 Å². The average Bonchev–Trinajstić information content (AvgIpc) is 2.81. The third-order valence-corrected chi connectivity index (χ3v) is 3.68. The largest absolute Gasteiger partial charge is 0.495 e. The molecule has 0 spiro atoms. The first-order valence-corrected chi connectivity index (χ1v) is 6.62. The van der Waals surface area contributed by atoms with Gasteiger partial charge >= 0.3 is 0 Å². The third kappa shape index (κ3) is 2.58. The van der Waals surface area contributed by atoms with Gasteiger partial charge in [-0.05, 0) is 36.9 Å². The molecule has 1 aromatic rings. The van der Waals surface area contributed by atoms with Crippen molar-refractivity contribution >= 4 is 11.6 Å². The van der Waals surface area contributed by atoms with Gasteiger partial charge in [-0.15, -0.1) is 0 Å². The molecule has 1 fully saturated rings. The van der Waals surface area contributed by atoms with Crippen molar-refractivity contribution in [2.24, 2.45) is 0 Å². The van der Waals surface area contributed by atoms with Crippen LogP contribution < -0.4 is 10.1 Å². The molecule has 0 radical (unpaired) electrons. The Hall–Kier alpha value is -0.730. The lowest BCUT2D eigenvalue weighted by Gasteiger charge is -2.19. The lowest BCUT2D eigenvalue weighted by Crippen LogP contribution is -2.14. The molecule has 1 aliphatic rings. The Kier molecular flexibility index (Phi) is 3.95. The van der Waals surface area contributed by atoms with Crippen LogP contribution in [0.25, 0.3) is 0 Å². The van der Waals surface area contributed by atoms with E-state index in [0.717, 1.165) is 23.7 Å². The first-order valence-electron chi connectivity index (χ1n) is 6.24. The predicted molar refractivity (Wildman–Crippen MR) is 72.1 cm³/mol. The fraction of sp³-hybridized carbons (Fsp3) is 0.571. The molecule has 0 aromatic heterocycles. The van der Waals surface area contributed by atoms with E-state index in [4.69, 9.17) is 16.3 Å². The molecule has 1 heterocycles. The average molecular weight is 254 g/mol. The second-order valence-corrected chi connectivity index (χ2v) is 5.34. The zero-order chi connectivity index (χ0) is 12.4. The van der Waals surface area contributed by atoms with Gasteiger partial charge in [-0.1, -0.05) is 31.5 Å². The molecule has 0 amide bonds. The van der Waals surface area contributed by atoms with E-state index in [0.29, 0.717) is 12.0 Å². The number of hydrogen-bond acceptors (Lipinski definition) is 2. The van der Waals surface area contributed by atoms with Gasteiger partial charge in [-0.3, -0.25) is 0 Å². The van der Waals surface area contributed by atoms with Crippen LogP contribution in [0.15, 0.2) is 12.1 Å². The molecule has 94 valence electrons. The van der Waals surface area contributed by atoms with Gasteiger partial charge in [-0.25, -0.2) is 0 Å². The number of hydrogen-bond donors (Lipinski definition) is 1. The van der Waals surface area contributed by atoms with Crippen molar-refractivity contribution in [3.63, 3.8) is 0 Å². The van der Waals surface area contributed by atoms with Crippen LogP contribution in [-0.4, -0.2) is 13.7 Å². The summed E-state index contributed by atoms with van der Waals surface area (Å²) >= 11 is 6.30. The molecule has 1 aliphatic heterocycles. The SMILES string of the molecule is COc1c(Cl)cc(C(C)C)cc1C1CCCN1. The maximum Gasteiger partial charge on any atom is 0.142 e. The van der Waals surface area contributed by atoms with E-state index in [1.807, 2.05) is 6.07 Å². The van der Waals surface area contributed by atoms with Crippen LogP contribution in [-0.2, 0) is 0 Å². The van der Waals surface area contributed by atoms with Gasteiger partial charge in [0.1, 0.15) is 5.75 Å². The zero-order valence-corrected chi connectivity index (χ0v) is 11.5. The zero-order valence-electron chi connectivity index (χ0n) is 10.7. The summed E-state index contributed by atoms with van der Waals surface area (Å²) in [5, 5.41) is 4.23.